The van der Waals surface area contributed by atoms with Gasteiger partial charge in [0.1, 0.15) is 0 Å². The number of likely N-dealkylation sites (N-methyl/N-ethyl adjacent to an activating group) is 2. The number of hydrogen-bond donors (Lipinski definition) is 1. The highest BCUT2D eigenvalue weighted by Gasteiger charge is 2.38. The second-order valence-corrected chi connectivity index (χ2v) is 5.05. The first-order chi connectivity index (χ1) is 7.93. The van der Waals surface area contributed by atoms with E-state index in [-0.39, 0.29) is 11.8 Å². The van der Waals surface area contributed by atoms with Crippen molar-refractivity contribution in [3.05, 3.63) is 0 Å². The van der Waals surface area contributed by atoms with Crippen LogP contribution in [0.1, 0.15) is 19.3 Å². The molecule has 1 aliphatic carbocycles. The van der Waals surface area contributed by atoms with Gasteiger partial charge in [-0.05, 0) is 26.9 Å². The summed E-state index contributed by atoms with van der Waals surface area (Å²) in [5.41, 5.74) is 0. The third-order valence-corrected chi connectivity index (χ3v) is 3.41. The van der Waals surface area contributed by atoms with Crippen molar-refractivity contribution in [3.8, 4) is 0 Å². The number of amides is 1. The Kier molecular flexibility index (Phi) is 4.93. The molecule has 1 aliphatic rings. The quantitative estimate of drug-likeness (QED) is 0.763. The first-order valence-corrected chi connectivity index (χ1v) is 6.06. The molecule has 0 unspecified atom stereocenters. The lowest BCUT2D eigenvalue weighted by molar-refractivity contribution is -0.148. The van der Waals surface area contributed by atoms with Crippen LogP contribution in [0.2, 0.25) is 0 Å². The van der Waals surface area contributed by atoms with Crippen LogP contribution in [0.5, 0.6) is 0 Å². The van der Waals surface area contributed by atoms with E-state index in [9.17, 15) is 9.59 Å². The molecule has 1 fully saturated rings. The number of carbonyl (C=O) groups excluding carboxylic acids is 1. The van der Waals surface area contributed by atoms with Crippen LogP contribution in [0.3, 0.4) is 0 Å². The maximum atomic E-state index is 12.1. The van der Waals surface area contributed by atoms with Gasteiger partial charge >= 0.3 is 5.97 Å². The van der Waals surface area contributed by atoms with Crippen LogP contribution in [0.15, 0.2) is 0 Å². The van der Waals surface area contributed by atoms with Crippen molar-refractivity contribution in [2.75, 3.05) is 34.2 Å². The van der Waals surface area contributed by atoms with Gasteiger partial charge in [0.25, 0.3) is 0 Å². The van der Waals surface area contributed by atoms with Crippen LogP contribution >= 0.6 is 0 Å². The van der Waals surface area contributed by atoms with Gasteiger partial charge in [0, 0.05) is 20.1 Å². The minimum absolute atomic E-state index is 0.0169. The molecule has 1 rings (SSSR count). The lowest BCUT2D eigenvalue weighted by Gasteiger charge is -2.24. The molecule has 2 atom stereocenters. The van der Waals surface area contributed by atoms with Gasteiger partial charge in [0.15, 0.2) is 0 Å². The van der Waals surface area contributed by atoms with Crippen LogP contribution in [-0.2, 0) is 9.59 Å². The molecule has 0 spiro atoms. The van der Waals surface area contributed by atoms with Crippen LogP contribution in [0.4, 0.5) is 0 Å². The summed E-state index contributed by atoms with van der Waals surface area (Å²) in [6.45, 7) is 1.45. The third-order valence-electron chi connectivity index (χ3n) is 3.41. The Morgan fingerprint density at radius 2 is 1.71 bits per heavy atom. The SMILES string of the molecule is CN(C)CCN(C)C(=O)[C@@H]1CCC[C@@H]1C(=O)O. The lowest BCUT2D eigenvalue weighted by Crippen LogP contribution is -2.39. The van der Waals surface area contributed by atoms with Gasteiger partial charge < -0.3 is 14.9 Å². The van der Waals surface area contributed by atoms with Gasteiger partial charge in [-0.25, -0.2) is 0 Å². The summed E-state index contributed by atoms with van der Waals surface area (Å²) >= 11 is 0. The molecule has 5 nitrogen and oxygen atoms in total. The fraction of sp³-hybridized carbons (Fsp3) is 0.833. The molecule has 0 saturated heterocycles. The van der Waals surface area contributed by atoms with Crippen molar-refractivity contribution in [2.45, 2.75) is 19.3 Å². The molecule has 1 saturated carbocycles. The molecule has 0 radical (unpaired) electrons. The fourth-order valence-electron chi connectivity index (χ4n) is 2.29. The van der Waals surface area contributed by atoms with Gasteiger partial charge in [-0.2, -0.15) is 0 Å². The maximum absolute atomic E-state index is 12.1. The molecular weight excluding hydrogens is 220 g/mol. The zero-order valence-corrected chi connectivity index (χ0v) is 10.8. The van der Waals surface area contributed by atoms with Crippen molar-refractivity contribution in [3.63, 3.8) is 0 Å². The Morgan fingerprint density at radius 1 is 1.12 bits per heavy atom. The molecule has 1 amide bonds. The second-order valence-electron chi connectivity index (χ2n) is 5.05. The molecule has 17 heavy (non-hydrogen) atoms. The van der Waals surface area contributed by atoms with Gasteiger partial charge in [0.05, 0.1) is 11.8 Å². The highest BCUT2D eigenvalue weighted by molar-refractivity contribution is 5.85. The molecule has 0 bridgehead atoms. The number of carbonyl (C=O) groups is 2. The fourth-order valence-corrected chi connectivity index (χ4v) is 2.29. The summed E-state index contributed by atoms with van der Waals surface area (Å²) in [7, 11) is 5.66. The molecule has 0 aliphatic heterocycles. The summed E-state index contributed by atoms with van der Waals surface area (Å²) in [6.07, 6.45) is 2.18. The smallest absolute Gasteiger partial charge is 0.307 e. The predicted molar refractivity (Wildman–Crippen MR) is 64.7 cm³/mol. The van der Waals surface area contributed by atoms with E-state index in [1.807, 2.05) is 19.0 Å². The van der Waals surface area contributed by atoms with Crippen LogP contribution < -0.4 is 0 Å². The Morgan fingerprint density at radius 3 is 2.24 bits per heavy atom. The van der Waals surface area contributed by atoms with E-state index >= 15 is 0 Å². The summed E-state index contributed by atoms with van der Waals surface area (Å²) < 4.78 is 0. The standard InChI is InChI=1S/C12H22N2O3/c1-13(2)7-8-14(3)11(15)9-5-4-6-10(9)12(16)17/h9-10H,4-8H2,1-3H3,(H,16,17)/t9-,10+/m1/s1. The van der Waals surface area contributed by atoms with E-state index in [2.05, 4.69) is 0 Å². The van der Waals surface area contributed by atoms with Crippen LogP contribution in [0.25, 0.3) is 0 Å². The molecule has 0 aromatic rings. The molecular formula is C12H22N2O3. The Hall–Kier alpha value is -1.10. The van der Waals surface area contributed by atoms with E-state index in [0.717, 1.165) is 13.0 Å². The zero-order chi connectivity index (χ0) is 13.0. The molecule has 0 heterocycles. The van der Waals surface area contributed by atoms with E-state index in [4.69, 9.17) is 5.11 Å². The lowest BCUT2D eigenvalue weighted by atomic mass is 9.95. The summed E-state index contributed by atoms with van der Waals surface area (Å²) in [4.78, 5) is 26.8. The van der Waals surface area contributed by atoms with E-state index in [0.29, 0.717) is 19.4 Å². The number of nitrogens with zero attached hydrogens (tertiary/aromatic N) is 2. The minimum atomic E-state index is -0.832. The Balaban J connectivity index is 2.53. The first-order valence-electron chi connectivity index (χ1n) is 6.06. The van der Waals surface area contributed by atoms with Gasteiger partial charge in [0.2, 0.25) is 5.91 Å². The third kappa shape index (κ3) is 3.70. The van der Waals surface area contributed by atoms with Crippen molar-refractivity contribution < 1.29 is 14.7 Å². The molecule has 1 N–H and O–H groups in total. The van der Waals surface area contributed by atoms with Gasteiger partial charge in [-0.3, -0.25) is 9.59 Å². The predicted octanol–water partition coefficient (Wildman–Crippen LogP) is 0.507. The first kappa shape index (κ1) is 14.0. The highest BCUT2D eigenvalue weighted by atomic mass is 16.4. The topological polar surface area (TPSA) is 60.9 Å². The molecule has 0 aromatic heterocycles. The Bertz CT molecular complexity index is 291. The molecule has 98 valence electrons. The number of carboxylic acids is 1. The average molecular weight is 242 g/mol. The number of carboxylic acid groups (broad SMARTS) is 1. The van der Waals surface area contributed by atoms with Crippen molar-refractivity contribution in [2.24, 2.45) is 11.8 Å². The highest BCUT2D eigenvalue weighted by Crippen LogP contribution is 2.33. The van der Waals surface area contributed by atoms with Crippen molar-refractivity contribution in [1.29, 1.82) is 0 Å². The summed E-state index contributed by atoms with van der Waals surface area (Å²) in [6, 6.07) is 0. The van der Waals surface area contributed by atoms with E-state index in [1.165, 1.54) is 0 Å². The summed E-state index contributed by atoms with van der Waals surface area (Å²) in [5.74, 6) is -1.65. The monoisotopic (exact) mass is 242 g/mol. The second kappa shape index (κ2) is 6.00. The van der Waals surface area contributed by atoms with Crippen LogP contribution in [-0.4, -0.2) is 61.0 Å². The number of hydrogen-bond acceptors (Lipinski definition) is 3. The minimum Gasteiger partial charge on any atom is -0.481 e. The van der Waals surface area contributed by atoms with E-state index in [1.54, 1.807) is 11.9 Å². The maximum Gasteiger partial charge on any atom is 0.307 e. The van der Waals surface area contributed by atoms with Crippen LogP contribution in [0, 0.1) is 11.8 Å². The Labute approximate surface area is 102 Å². The van der Waals surface area contributed by atoms with E-state index < -0.39 is 11.9 Å². The molecule has 5 heteroatoms. The molecule has 0 aromatic carbocycles. The largest absolute Gasteiger partial charge is 0.481 e. The van der Waals surface area contributed by atoms with Crippen molar-refractivity contribution >= 4 is 11.9 Å². The summed E-state index contributed by atoms with van der Waals surface area (Å²) in [5, 5.41) is 9.05. The van der Waals surface area contributed by atoms with Crippen molar-refractivity contribution in [1.82, 2.24) is 9.80 Å². The average Bonchev–Trinajstić information content (AvgIpc) is 2.73. The number of aliphatic carboxylic acids is 1. The number of rotatable bonds is 5. The van der Waals surface area contributed by atoms with Gasteiger partial charge in [-0.1, -0.05) is 6.42 Å². The zero-order valence-electron chi connectivity index (χ0n) is 10.8. The van der Waals surface area contributed by atoms with Gasteiger partial charge in [-0.15, -0.1) is 0 Å². The normalized spacial score (nSPS) is 24.0.